The number of nitrogens with one attached hydrogen (secondary N) is 1. The molecule has 1 aliphatic rings. The van der Waals surface area contributed by atoms with Crippen molar-refractivity contribution in [2.24, 2.45) is 5.92 Å². The first kappa shape index (κ1) is 14.5. The first-order valence-corrected chi connectivity index (χ1v) is 7.32. The Balaban J connectivity index is 1.72. The highest BCUT2D eigenvalue weighted by atomic mass is 16.5. The molecular weight excluding hydrogens is 238 g/mol. The van der Waals surface area contributed by atoms with Gasteiger partial charge in [-0.05, 0) is 36.4 Å². The molecule has 0 radical (unpaired) electrons. The third-order valence-corrected chi connectivity index (χ3v) is 3.53. The Hall–Kier alpha value is -0.900. The van der Waals surface area contributed by atoms with Crippen molar-refractivity contribution in [3.05, 3.63) is 35.4 Å². The molecule has 0 spiro atoms. The van der Waals surface area contributed by atoms with E-state index >= 15 is 0 Å². The minimum absolute atomic E-state index is 0.679. The van der Waals surface area contributed by atoms with Gasteiger partial charge in [0.1, 0.15) is 0 Å². The minimum atomic E-state index is 0.679. The lowest BCUT2D eigenvalue weighted by Crippen LogP contribution is -2.20. The van der Waals surface area contributed by atoms with Crippen LogP contribution in [0.1, 0.15) is 30.9 Å². The van der Waals surface area contributed by atoms with E-state index in [-0.39, 0.29) is 0 Å². The molecule has 0 amide bonds. The molecule has 0 aliphatic carbocycles. The Bertz CT molecular complexity index is 362. The largest absolute Gasteiger partial charge is 0.381 e. The van der Waals surface area contributed by atoms with Gasteiger partial charge in [0, 0.05) is 19.8 Å². The van der Waals surface area contributed by atoms with Gasteiger partial charge in [-0.1, -0.05) is 31.2 Å². The molecule has 3 nitrogen and oxygen atoms in total. The van der Waals surface area contributed by atoms with E-state index in [0.29, 0.717) is 5.92 Å². The lowest BCUT2D eigenvalue weighted by Gasteiger charge is -2.21. The van der Waals surface area contributed by atoms with Gasteiger partial charge in [0.15, 0.2) is 0 Å². The van der Waals surface area contributed by atoms with Crippen molar-refractivity contribution >= 4 is 0 Å². The van der Waals surface area contributed by atoms with Crippen molar-refractivity contribution in [2.45, 2.75) is 32.9 Å². The van der Waals surface area contributed by atoms with E-state index < -0.39 is 0 Å². The van der Waals surface area contributed by atoms with E-state index in [1.165, 1.54) is 11.1 Å². The summed E-state index contributed by atoms with van der Waals surface area (Å²) < 4.78 is 11.2. The van der Waals surface area contributed by atoms with Gasteiger partial charge >= 0.3 is 0 Å². The van der Waals surface area contributed by atoms with Gasteiger partial charge in [-0.25, -0.2) is 0 Å². The van der Waals surface area contributed by atoms with Crippen molar-refractivity contribution in [3.8, 4) is 0 Å². The summed E-state index contributed by atoms with van der Waals surface area (Å²) in [4.78, 5) is 0. The van der Waals surface area contributed by atoms with Gasteiger partial charge in [-0.2, -0.15) is 0 Å². The Morgan fingerprint density at radius 2 is 2.05 bits per heavy atom. The number of ether oxygens (including phenoxy) is 2. The second-order valence-electron chi connectivity index (χ2n) is 5.17. The summed E-state index contributed by atoms with van der Waals surface area (Å²) in [6, 6.07) is 8.64. The molecule has 106 valence electrons. The average Bonchev–Trinajstić information content (AvgIpc) is 2.47. The van der Waals surface area contributed by atoms with Crippen molar-refractivity contribution in [2.75, 3.05) is 26.4 Å². The molecule has 1 aliphatic heterocycles. The van der Waals surface area contributed by atoms with Crippen LogP contribution in [-0.2, 0) is 22.6 Å². The molecule has 1 saturated heterocycles. The molecule has 19 heavy (non-hydrogen) atoms. The molecule has 0 saturated carbocycles. The van der Waals surface area contributed by atoms with Gasteiger partial charge in [-0.3, -0.25) is 0 Å². The first-order valence-electron chi connectivity index (χ1n) is 7.32. The van der Waals surface area contributed by atoms with Crippen LogP contribution in [0.4, 0.5) is 0 Å². The highest BCUT2D eigenvalue weighted by Crippen LogP contribution is 2.15. The normalized spacial score (nSPS) is 16.7. The maximum Gasteiger partial charge on any atom is 0.0717 e. The zero-order valence-electron chi connectivity index (χ0n) is 11.9. The second-order valence-corrected chi connectivity index (χ2v) is 5.17. The Morgan fingerprint density at radius 3 is 2.84 bits per heavy atom. The Morgan fingerprint density at radius 1 is 1.26 bits per heavy atom. The van der Waals surface area contributed by atoms with E-state index in [1.54, 1.807) is 0 Å². The van der Waals surface area contributed by atoms with Gasteiger partial charge in [0.05, 0.1) is 13.2 Å². The topological polar surface area (TPSA) is 30.5 Å². The quantitative estimate of drug-likeness (QED) is 0.820. The lowest BCUT2D eigenvalue weighted by atomic mass is 10.0. The molecule has 2 rings (SSSR count). The summed E-state index contributed by atoms with van der Waals surface area (Å²) in [5.41, 5.74) is 2.59. The maximum atomic E-state index is 5.84. The molecule has 0 unspecified atom stereocenters. The zero-order chi connectivity index (χ0) is 13.3. The van der Waals surface area contributed by atoms with Crippen LogP contribution in [0.5, 0.6) is 0 Å². The standard InChI is InChI=1S/C16H25NO2/c1-2-17-11-15-4-3-5-16(10-15)13-19-12-14-6-8-18-9-7-14/h3-5,10,14,17H,2,6-9,11-13H2,1H3. The SMILES string of the molecule is CCNCc1cccc(COCC2CCOCC2)c1. The fourth-order valence-corrected chi connectivity index (χ4v) is 2.36. The van der Waals surface area contributed by atoms with Crippen LogP contribution in [0.3, 0.4) is 0 Å². The van der Waals surface area contributed by atoms with E-state index in [2.05, 4.69) is 36.5 Å². The van der Waals surface area contributed by atoms with Crippen LogP contribution in [0, 0.1) is 5.92 Å². The Kier molecular flexibility index (Phi) is 6.34. The molecule has 1 aromatic rings. The van der Waals surface area contributed by atoms with E-state index in [1.807, 2.05) is 0 Å². The smallest absolute Gasteiger partial charge is 0.0717 e. The van der Waals surface area contributed by atoms with Crippen molar-refractivity contribution in [1.29, 1.82) is 0 Å². The lowest BCUT2D eigenvalue weighted by molar-refractivity contribution is 0.0157. The predicted molar refractivity (Wildman–Crippen MR) is 77.0 cm³/mol. The fourth-order valence-electron chi connectivity index (χ4n) is 2.36. The second kappa shape index (κ2) is 8.31. The molecule has 1 aromatic carbocycles. The summed E-state index contributed by atoms with van der Waals surface area (Å²) >= 11 is 0. The summed E-state index contributed by atoms with van der Waals surface area (Å²) in [5.74, 6) is 0.679. The monoisotopic (exact) mass is 263 g/mol. The highest BCUT2D eigenvalue weighted by molar-refractivity contribution is 5.22. The average molecular weight is 263 g/mol. The van der Waals surface area contributed by atoms with Crippen LogP contribution in [-0.4, -0.2) is 26.4 Å². The molecule has 0 atom stereocenters. The predicted octanol–water partition coefficient (Wildman–Crippen LogP) is 2.74. The van der Waals surface area contributed by atoms with Crippen molar-refractivity contribution in [1.82, 2.24) is 5.32 Å². The third kappa shape index (κ3) is 5.31. The number of benzene rings is 1. The van der Waals surface area contributed by atoms with Gasteiger partial charge in [0.2, 0.25) is 0 Å². The van der Waals surface area contributed by atoms with E-state index in [9.17, 15) is 0 Å². The number of hydrogen-bond acceptors (Lipinski definition) is 3. The van der Waals surface area contributed by atoms with Gasteiger partial charge < -0.3 is 14.8 Å². The van der Waals surface area contributed by atoms with E-state index in [0.717, 1.165) is 52.4 Å². The highest BCUT2D eigenvalue weighted by Gasteiger charge is 2.13. The van der Waals surface area contributed by atoms with Crippen LogP contribution in [0.25, 0.3) is 0 Å². The number of rotatable bonds is 7. The molecule has 3 heteroatoms. The minimum Gasteiger partial charge on any atom is -0.381 e. The fraction of sp³-hybridized carbons (Fsp3) is 0.625. The first-order chi connectivity index (χ1) is 9.38. The molecule has 0 aromatic heterocycles. The summed E-state index contributed by atoms with van der Waals surface area (Å²) in [6.45, 7) is 7.44. The summed E-state index contributed by atoms with van der Waals surface area (Å²) in [6.07, 6.45) is 2.28. The molecule has 1 N–H and O–H groups in total. The van der Waals surface area contributed by atoms with Crippen LogP contribution < -0.4 is 5.32 Å². The van der Waals surface area contributed by atoms with Crippen molar-refractivity contribution < 1.29 is 9.47 Å². The molecule has 0 bridgehead atoms. The summed E-state index contributed by atoms with van der Waals surface area (Å²) in [7, 11) is 0. The Labute approximate surface area is 116 Å². The summed E-state index contributed by atoms with van der Waals surface area (Å²) in [5, 5.41) is 3.34. The van der Waals surface area contributed by atoms with Crippen LogP contribution in [0.15, 0.2) is 24.3 Å². The number of hydrogen-bond donors (Lipinski definition) is 1. The van der Waals surface area contributed by atoms with Crippen molar-refractivity contribution in [3.63, 3.8) is 0 Å². The maximum absolute atomic E-state index is 5.84. The van der Waals surface area contributed by atoms with Gasteiger partial charge in [0.25, 0.3) is 0 Å². The third-order valence-electron chi connectivity index (χ3n) is 3.53. The molecular formula is C16H25NO2. The van der Waals surface area contributed by atoms with Crippen LogP contribution >= 0.6 is 0 Å². The van der Waals surface area contributed by atoms with Crippen LogP contribution in [0.2, 0.25) is 0 Å². The molecule has 1 heterocycles. The van der Waals surface area contributed by atoms with E-state index in [4.69, 9.17) is 9.47 Å². The molecule has 1 fully saturated rings. The van der Waals surface area contributed by atoms with Gasteiger partial charge in [-0.15, -0.1) is 0 Å². The zero-order valence-corrected chi connectivity index (χ0v) is 11.9.